The Morgan fingerprint density at radius 3 is 3.11 bits per heavy atom. The molecule has 3 rings (SSSR count). The third kappa shape index (κ3) is 1.97. The maximum absolute atomic E-state index is 5.80. The molecule has 3 aromatic rings. The molecular formula is C11H12N6O. The van der Waals surface area contributed by atoms with Crippen molar-refractivity contribution >= 4 is 22.8 Å². The number of hydrogen-bond donors (Lipinski definition) is 2. The quantitative estimate of drug-likeness (QED) is 0.668. The van der Waals surface area contributed by atoms with Crippen molar-refractivity contribution in [2.24, 2.45) is 0 Å². The van der Waals surface area contributed by atoms with Gasteiger partial charge in [-0.1, -0.05) is 11.3 Å². The largest absolute Gasteiger partial charge is 0.423 e. The van der Waals surface area contributed by atoms with Crippen LogP contribution < -0.4 is 11.1 Å². The third-order valence-corrected chi connectivity index (χ3v) is 2.54. The highest BCUT2D eigenvalue weighted by Gasteiger charge is 2.07. The molecule has 7 heteroatoms. The van der Waals surface area contributed by atoms with Gasteiger partial charge in [0.05, 0.1) is 18.4 Å². The summed E-state index contributed by atoms with van der Waals surface area (Å²) in [7, 11) is 0. The Labute approximate surface area is 103 Å². The zero-order valence-corrected chi connectivity index (χ0v) is 9.58. The standard InChI is InChI=1S/C11H12N6O/c12-8-2-1-3-9-10(8)15-11(18-9)13-4-6-17-7-5-14-16-17/h1-3,5,7H,4,6,12H2,(H,13,15). The van der Waals surface area contributed by atoms with Crippen molar-refractivity contribution in [2.75, 3.05) is 17.6 Å². The fourth-order valence-corrected chi connectivity index (χ4v) is 1.67. The molecule has 18 heavy (non-hydrogen) atoms. The summed E-state index contributed by atoms with van der Waals surface area (Å²) in [6.45, 7) is 1.34. The predicted octanol–water partition coefficient (Wildman–Crippen LogP) is 1.11. The van der Waals surface area contributed by atoms with E-state index in [2.05, 4.69) is 20.6 Å². The van der Waals surface area contributed by atoms with Gasteiger partial charge in [-0.2, -0.15) is 4.98 Å². The number of nitrogens with one attached hydrogen (secondary N) is 1. The van der Waals surface area contributed by atoms with E-state index in [4.69, 9.17) is 10.2 Å². The molecule has 0 aliphatic heterocycles. The van der Waals surface area contributed by atoms with Crippen LogP contribution in [0.2, 0.25) is 0 Å². The summed E-state index contributed by atoms with van der Waals surface area (Å²) in [5.74, 6) is 0. The normalized spacial score (nSPS) is 10.9. The monoisotopic (exact) mass is 244 g/mol. The van der Waals surface area contributed by atoms with E-state index >= 15 is 0 Å². The highest BCUT2D eigenvalue weighted by Crippen LogP contribution is 2.23. The second-order valence-electron chi connectivity index (χ2n) is 3.81. The van der Waals surface area contributed by atoms with Gasteiger partial charge < -0.3 is 15.5 Å². The van der Waals surface area contributed by atoms with E-state index in [1.54, 1.807) is 23.1 Å². The van der Waals surface area contributed by atoms with Gasteiger partial charge in [-0.3, -0.25) is 4.68 Å². The molecule has 0 saturated heterocycles. The highest BCUT2D eigenvalue weighted by molar-refractivity contribution is 5.86. The molecule has 0 fully saturated rings. The van der Waals surface area contributed by atoms with E-state index in [9.17, 15) is 0 Å². The molecule has 0 unspecified atom stereocenters. The van der Waals surface area contributed by atoms with E-state index in [-0.39, 0.29) is 0 Å². The number of oxazole rings is 1. The summed E-state index contributed by atoms with van der Waals surface area (Å²) >= 11 is 0. The summed E-state index contributed by atoms with van der Waals surface area (Å²) in [6.07, 6.45) is 3.44. The molecule has 1 aromatic carbocycles. The molecule has 0 amide bonds. The Hall–Kier alpha value is -2.57. The van der Waals surface area contributed by atoms with Gasteiger partial charge in [0.15, 0.2) is 5.58 Å². The maximum atomic E-state index is 5.80. The minimum atomic E-state index is 0.461. The Balaban J connectivity index is 1.69. The van der Waals surface area contributed by atoms with E-state index < -0.39 is 0 Å². The molecule has 2 heterocycles. The van der Waals surface area contributed by atoms with Gasteiger partial charge in [0.25, 0.3) is 6.01 Å². The van der Waals surface area contributed by atoms with Crippen LogP contribution in [0.1, 0.15) is 0 Å². The topological polar surface area (TPSA) is 94.8 Å². The van der Waals surface area contributed by atoms with Crippen LogP contribution in [-0.4, -0.2) is 26.5 Å². The number of rotatable bonds is 4. The van der Waals surface area contributed by atoms with Gasteiger partial charge in [-0.05, 0) is 12.1 Å². The van der Waals surface area contributed by atoms with Gasteiger partial charge >= 0.3 is 0 Å². The van der Waals surface area contributed by atoms with Crippen LogP contribution in [0, 0.1) is 0 Å². The number of anilines is 2. The van der Waals surface area contributed by atoms with Gasteiger partial charge in [0, 0.05) is 12.7 Å². The fraction of sp³-hybridized carbons (Fsp3) is 0.182. The second-order valence-corrected chi connectivity index (χ2v) is 3.81. The first-order chi connectivity index (χ1) is 8.83. The van der Waals surface area contributed by atoms with Crippen molar-refractivity contribution < 1.29 is 4.42 Å². The van der Waals surface area contributed by atoms with Crippen LogP contribution in [0.3, 0.4) is 0 Å². The number of nitrogens with two attached hydrogens (primary N) is 1. The Morgan fingerprint density at radius 2 is 2.33 bits per heavy atom. The molecule has 0 bridgehead atoms. The van der Waals surface area contributed by atoms with E-state index in [1.165, 1.54) is 0 Å². The Bertz CT molecular complexity index is 645. The summed E-state index contributed by atoms with van der Waals surface area (Å²) in [5.41, 5.74) is 7.77. The minimum Gasteiger partial charge on any atom is -0.423 e. The van der Waals surface area contributed by atoms with Crippen molar-refractivity contribution in [3.8, 4) is 0 Å². The number of fused-ring (bicyclic) bond motifs is 1. The molecule has 0 aliphatic rings. The van der Waals surface area contributed by atoms with E-state index in [1.807, 2.05) is 12.1 Å². The zero-order valence-electron chi connectivity index (χ0n) is 9.58. The fourth-order valence-electron chi connectivity index (χ4n) is 1.67. The van der Waals surface area contributed by atoms with E-state index in [0.717, 1.165) is 0 Å². The SMILES string of the molecule is Nc1cccc2oc(NCCn3ccnn3)nc12. The van der Waals surface area contributed by atoms with Gasteiger partial charge in [-0.15, -0.1) is 5.10 Å². The lowest BCUT2D eigenvalue weighted by Gasteiger charge is -2.00. The summed E-state index contributed by atoms with van der Waals surface area (Å²) < 4.78 is 7.25. The first-order valence-corrected chi connectivity index (χ1v) is 5.56. The minimum absolute atomic E-state index is 0.461. The van der Waals surface area contributed by atoms with Crippen LogP contribution in [0.4, 0.5) is 11.7 Å². The number of aromatic nitrogens is 4. The van der Waals surface area contributed by atoms with E-state index in [0.29, 0.717) is 35.9 Å². The number of para-hydroxylation sites is 1. The number of benzene rings is 1. The van der Waals surface area contributed by atoms with Crippen molar-refractivity contribution in [3.05, 3.63) is 30.6 Å². The molecule has 0 radical (unpaired) electrons. The second kappa shape index (κ2) is 4.36. The average molecular weight is 244 g/mol. The first kappa shape index (κ1) is 10.6. The number of nitrogens with zero attached hydrogens (tertiary/aromatic N) is 4. The van der Waals surface area contributed by atoms with Gasteiger partial charge in [0.2, 0.25) is 0 Å². The smallest absolute Gasteiger partial charge is 0.295 e. The van der Waals surface area contributed by atoms with Crippen LogP contribution in [-0.2, 0) is 6.54 Å². The van der Waals surface area contributed by atoms with Crippen LogP contribution >= 0.6 is 0 Å². The molecule has 92 valence electrons. The molecule has 0 atom stereocenters. The van der Waals surface area contributed by atoms with Crippen molar-refractivity contribution in [3.63, 3.8) is 0 Å². The molecular weight excluding hydrogens is 232 g/mol. The van der Waals surface area contributed by atoms with Crippen molar-refractivity contribution in [1.82, 2.24) is 20.0 Å². The van der Waals surface area contributed by atoms with Crippen molar-refractivity contribution in [2.45, 2.75) is 6.54 Å². The van der Waals surface area contributed by atoms with Crippen LogP contribution in [0.15, 0.2) is 35.0 Å². The lowest BCUT2D eigenvalue weighted by molar-refractivity contribution is 0.581. The lowest BCUT2D eigenvalue weighted by atomic mass is 10.3. The Kier molecular flexibility index (Phi) is 2.56. The molecule has 0 aliphatic carbocycles. The third-order valence-electron chi connectivity index (χ3n) is 2.54. The first-order valence-electron chi connectivity index (χ1n) is 5.56. The number of hydrogen-bond acceptors (Lipinski definition) is 6. The summed E-state index contributed by atoms with van der Waals surface area (Å²) in [5, 5.41) is 10.7. The Morgan fingerprint density at radius 1 is 1.39 bits per heavy atom. The summed E-state index contributed by atoms with van der Waals surface area (Å²) in [6, 6.07) is 5.93. The molecule has 2 aromatic heterocycles. The van der Waals surface area contributed by atoms with Crippen LogP contribution in [0.25, 0.3) is 11.1 Å². The highest BCUT2D eigenvalue weighted by atomic mass is 16.4. The van der Waals surface area contributed by atoms with Crippen molar-refractivity contribution in [1.29, 1.82) is 0 Å². The molecule has 7 nitrogen and oxygen atoms in total. The summed E-state index contributed by atoms with van der Waals surface area (Å²) in [4.78, 5) is 4.28. The molecule has 3 N–H and O–H groups in total. The van der Waals surface area contributed by atoms with Gasteiger partial charge in [-0.25, -0.2) is 0 Å². The zero-order chi connectivity index (χ0) is 12.4. The molecule has 0 saturated carbocycles. The van der Waals surface area contributed by atoms with Crippen LogP contribution in [0.5, 0.6) is 0 Å². The van der Waals surface area contributed by atoms with Gasteiger partial charge in [0.1, 0.15) is 5.52 Å². The predicted molar refractivity (Wildman–Crippen MR) is 66.9 cm³/mol. The lowest BCUT2D eigenvalue weighted by Crippen LogP contribution is -2.11. The number of nitrogen functional groups attached to an aromatic ring is 1. The molecule has 0 spiro atoms. The average Bonchev–Trinajstić information content (AvgIpc) is 2.98. The maximum Gasteiger partial charge on any atom is 0.295 e.